The average Bonchev–Trinajstić information content (AvgIpc) is 2.35. The lowest BCUT2D eigenvalue weighted by Crippen LogP contribution is -2.10. The van der Waals surface area contributed by atoms with Gasteiger partial charge < -0.3 is 5.32 Å². The van der Waals surface area contributed by atoms with Gasteiger partial charge in [-0.1, -0.05) is 17.7 Å². The van der Waals surface area contributed by atoms with E-state index in [2.05, 4.69) is 11.9 Å². The molecule has 1 rings (SSSR count). The second-order valence-electron chi connectivity index (χ2n) is 3.27. The van der Waals surface area contributed by atoms with Crippen LogP contribution in [-0.2, 0) is 9.84 Å². The van der Waals surface area contributed by atoms with Gasteiger partial charge in [-0.25, -0.2) is 8.42 Å². The molecule has 0 heterocycles. The largest absolute Gasteiger partial charge is 0.386 e. The highest BCUT2D eigenvalue weighted by atomic mass is 35.5. The summed E-state index contributed by atoms with van der Waals surface area (Å²) in [5.74, 6) is 0. The molecule has 0 spiro atoms. The van der Waals surface area contributed by atoms with Crippen LogP contribution >= 0.6 is 11.6 Å². The first kappa shape index (κ1) is 14.3. The van der Waals surface area contributed by atoms with Crippen LogP contribution < -0.4 is 5.32 Å². The summed E-state index contributed by atoms with van der Waals surface area (Å²) in [4.78, 5) is -0.327. The third kappa shape index (κ3) is 3.36. The quantitative estimate of drug-likeness (QED) is 0.511. The zero-order valence-electron chi connectivity index (χ0n) is 9.43. The number of sulfone groups is 1. The van der Waals surface area contributed by atoms with Gasteiger partial charge in [0, 0.05) is 17.8 Å². The predicted octanol–water partition coefficient (Wildman–Crippen LogP) is 2.25. The molecule has 0 aromatic heterocycles. The molecule has 0 aliphatic carbocycles. The fourth-order valence-corrected chi connectivity index (χ4v) is 2.38. The van der Waals surface area contributed by atoms with E-state index >= 15 is 0 Å². The normalized spacial score (nSPS) is 11.7. The molecule has 0 saturated heterocycles. The van der Waals surface area contributed by atoms with Gasteiger partial charge in [-0.3, -0.25) is 0 Å². The summed E-state index contributed by atoms with van der Waals surface area (Å²) in [6.07, 6.45) is 2.71. The number of rotatable bonds is 5. The van der Waals surface area contributed by atoms with Crippen LogP contribution in [0.2, 0.25) is 5.02 Å². The summed E-state index contributed by atoms with van der Waals surface area (Å²) < 4.78 is 24.1. The molecule has 1 aromatic rings. The van der Waals surface area contributed by atoms with E-state index in [4.69, 9.17) is 16.9 Å². The van der Waals surface area contributed by atoms with Crippen molar-refractivity contribution in [2.45, 2.75) is 4.90 Å². The van der Waals surface area contributed by atoms with E-state index in [0.29, 0.717) is 11.6 Å². The standard InChI is InChI=1S/C12H11ClN2O2S/c1-2-7-15-9-12(8-14)18(16,17)11-5-3-10(13)4-6-11/h2-6,9,15H,1,7H2/b12-9+. The Bertz CT molecular complexity index is 598. The molecule has 0 aliphatic heterocycles. The topological polar surface area (TPSA) is 70.0 Å². The zero-order chi connectivity index (χ0) is 13.6. The van der Waals surface area contributed by atoms with Gasteiger partial charge in [0.25, 0.3) is 0 Å². The third-order valence-electron chi connectivity index (χ3n) is 2.02. The predicted molar refractivity (Wildman–Crippen MR) is 70.5 cm³/mol. The average molecular weight is 283 g/mol. The fourth-order valence-electron chi connectivity index (χ4n) is 1.15. The molecule has 0 radical (unpaired) electrons. The first-order valence-electron chi connectivity index (χ1n) is 4.97. The van der Waals surface area contributed by atoms with Gasteiger partial charge in [0.15, 0.2) is 4.91 Å². The van der Waals surface area contributed by atoms with Crippen LogP contribution in [-0.4, -0.2) is 15.0 Å². The summed E-state index contributed by atoms with van der Waals surface area (Å²) in [5.41, 5.74) is 0. The molecular formula is C12H11ClN2O2S. The van der Waals surface area contributed by atoms with Crippen molar-refractivity contribution < 1.29 is 8.42 Å². The minimum Gasteiger partial charge on any atom is -0.386 e. The summed E-state index contributed by atoms with van der Waals surface area (Å²) in [7, 11) is -3.80. The summed E-state index contributed by atoms with van der Waals surface area (Å²) in [5, 5.41) is 12.0. The molecule has 1 aromatic carbocycles. The summed E-state index contributed by atoms with van der Waals surface area (Å²) >= 11 is 5.68. The maximum absolute atomic E-state index is 12.1. The van der Waals surface area contributed by atoms with Crippen molar-refractivity contribution in [3.63, 3.8) is 0 Å². The maximum atomic E-state index is 12.1. The lowest BCUT2D eigenvalue weighted by Gasteiger charge is -2.03. The van der Waals surface area contributed by atoms with Gasteiger partial charge in [0.2, 0.25) is 9.84 Å². The molecule has 0 saturated carbocycles. The number of nitriles is 1. The molecule has 0 aliphatic rings. The molecule has 0 bridgehead atoms. The van der Waals surface area contributed by atoms with Crippen molar-refractivity contribution in [1.82, 2.24) is 5.32 Å². The van der Waals surface area contributed by atoms with E-state index in [1.165, 1.54) is 24.3 Å². The lowest BCUT2D eigenvalue weighted by molar-refractivity contribution is 0.603. The summed E-state index contributed by atoms with van der Waals surface area (Å²) in [6, 6.07) is 7.29. The Morgan fingerprint density at radius 3 is 2.56 bits per heavy atom. The first-order valence-corrected chi connectivity index (χ1v) is 6.83. The minimum absolute atomic E-state index is 0.0279. The van der Waals surface area contributed by atoms with Crippen molar-refractivity contribution in [1.29, 1.82) is 5.26 Å². The monoisotopic (exact) mass is 282 g/mol. The highest BCUT2D eigenvalue weighted by molar-refractivity contribution is 7.95. The van der Waals surface area contributed by atoms with E-state index in [-0.39, 0.29) is 9.80 Å². The number of halogens is 1. The Kier molecular flexibility index (Phi) is 4.95. The number of allylic oxidation sites excluding steroid dienone is 1. The number of nitrogens with zero attached hydrogens (tertiary/aromatic N) is 1. The molecule has 1 N–H and O–H groups in total. The second kappa shape index (κ2) is 6.24. The molecule has 94 valence electrons. The smallest absolute Gasteiger partial charge is 0.218 e. The fraction of sp³-hybridized carbons (Fsp3) is 0.0833. The van der Waals surface area contributed by atoms with Crippen LogP contribution in [0.4, 0.5) is 0 Å². The molecular weight excluding hydrogens is 272 g/mol. The van der Waals surface area contributed by atoms with Crippen LogP contribution in [0.15, 0.2) is 52.9 Å². The van der Waals surface area contributed by atoms with E-state index in [1.54, 1.807) is 12.1 Å². The lowest BCUT2D eigenvalue weighted by atomic mass is 10.4. The number of nitrogens with one attached hydrogen (secondary N) is 1. The maximum Gasteiger partial charge on any atom is 0.218 e. The Hall–Kier alpha value is -1.77. The minimum atomic E-state index is -3.80. The van der Waals surface area contributed by atoms with Crippen molar-refractivity contribution in [3.05, 3.63) is 53.0 Å². The van der Waals surface area contributed by atoms with Gasteiger partial charge in [0.05, 0.1) is 4.90 Å². The molecule has 0 atom stereocenters. The first-order chi connectivity index (χ1) is 8.52. The van der Waals surface area contributed by atoms with Gasteiger partial charge >= 0.3 is 0 Å². The Balaban J connectivity index is 3.12. The highest BCUT2D eigenvalue weighted by Gasteiger charge is 2.20. The molecule has 18 heavy (non-hydrogen) atoms. The molecule has 6 heteroatoms. The van der Waals surface area contributed by atoms with Gasteiger partial charge in [-0.05, 0) is 24.3 Å². The van der Waals surface area contributed by atoms with Crippen molar-refractivity contribution in [3.8, 4) is 6.07 Å². The van der Waals surface area contributed by atoms with E-state index in [9.17, 15) is 8.42 Å². The van der Waals surface area contributed by atoms with Gasteiger partial charge in [0.1, 0.15) is 6.07 Å². The van der Waals surface area contributed by atoms with E-state index in [1.807, 2.05) is 0 Å². The summed E-state index contributed by atoms with van der Waals surface area (Å²) in [6.45, 7) is 3.85. The number of benzene rings is 1. The second-order valence-corrected chi connectivity index (χ2v) is 5.63. The molecule has 0 fully saturated rings. The van der Waals surface area contributed by atoms with E-state index < -0.39 is 9.84 Å². The SMILES string of the molecule is C=CCN/C=C(\C#N)S(=O)(=O)c1ccc(Cl)cc1. The van der Waals surface area contributed by atoms with Gasteiger partial charge in [-0.15, -0.1) is 6.58 Å². The van der Waals surface area contributed by atoms with Crippen LogP contribution in [0, 0.1) is 11.3 Å². The van der Waals surface area contributed by atoms with Crippen LogP contribution in [0.3, 0.4) is 0 Å². The van der Waals surface area contributed by atoms with Crippen molar-refractivity contribution >= 4 is 21.4 Å². The van der Waals surface area contributed by atoms with Crippen molar-refractivity contribution in [2.24, 2.45) is 0 Å². The van der Waals surface area contributed by atoms with Crippen LogP contribution in [0.1, 0.15) is 0 Å². The van der Waals surface area contributed by atoms with E-state index in [0.717, 1.165) is 6.20 Å². The molecule has 0 unspecified atom stereocenters. The number of hydrogen-bond donors (Lipinski definition) is 1. The van der Waals surface area contributed by atoms with Crippen molar-refractivity contribution in [2.75, 3.05) is 6.54 Å². The number of hydrogen-bond acceptors (Lipinski definition) is 4. The Morgan fingerprint density at radius 1 is 1.44 bits per heavy atom. The highest BCUT2D eigenvalue weighted by Crippen LogP contribution is 2.20. The Labute approximate surface area is 111 Å². The molecule has 0 amide bonds. The Morgan fingerprint density at radius 2 is 2.06 bits per heavy atom. The molecule has 4 nitrogen and oxygen atoms in total. The third-order valence-corrected chi connectivity index (χ3v) is 3.95. The zero-order valence-corrected chi connectivity index (χ0v) is 11.0. The van der Waals surface area contributed by atoms with Gasteiger partial charge in [-0.2, -0.15) is 5.26 Å². The van der Waals surface area contributed by atoms with Crippen LogP contribution in [0.25, 0.3) is 0 Å². The van der Waals surface area contributed by atoms with Crippen LogP contribution in [0.5, 0.6) is 0 Å².